The lowest BCUT2D eigenvalue weighted by atomic mass is 9.98. The van der Waals surface area contributed by atoms with Gasteiger partial charge in [-0.25, -0.2) is 0 Å². The number of hydrogen-bond acceptors (Lipinski definition) is 2. The van der Waals surface area contributed by atoms with Crippen molar-refractivity contribution in [2.75, 3.05) is 4.90 Å². The largest absolute Gasteiger partial charge is 0.365 e. The summed E-state index contributed by atoms with van der Waals surface area (Å²) in [6.45, 7) is 0. The molecule has 2 nitrogen and oxygen atoms in total. The summed E-state index contributed by atoms with van der Waals surface area (Å²) >= 11 is 0. The van der Waals surface area contributed by atoms with Gasteiger partial charge in [0.25, 0.3) is 0 Å². The number of benzene rings is 1. The smallest absolute Gasteiger partial charge is 0.0407 e. The van der Waals surface area contributed by atoms with E-state index < -0.39 is 0 Å². The van der Waals surface area contributed by atoms with E-state index in [-0.39, 0.29) is 6.04 Å². The summed E-state index contributed by atoms with van der Waals surface area (Å²) in [5.41, 5.74) is 10.7. The van der Waals surface area contributed by atoms with Crippen molar-refractivity contribution in [3.63, 3.8) is 0 Å². The van der Waals surface area contributed by atoms with Gasteiger partial charge in [-0.15, -0.1) is 0 Å². The maximum Gasteiger partial charge on any atom is 0.0407 e. The highest BCUT2D eigenvalue weighted by Gasteiger charge is 2.38. The monoisotopic (exact) mass is 242 g/mol. The predicted molar refractivity (Wildman–Crippen MR) is 74.8 cm³/mol. The lowest BCUT2D eigenvalue weighted by molar-refractivity contribution is 0.467. The van der Waals surface area contributed by atoms with Crippen LogP contribution in [0.5, 0.6) is 0 Å². The fourth-order valence-corrected chi connectivity index (χ4v) is 4.42. The van der Waals surface area contributed by atoms with Crippen LogP contribution in [0.1, 0.15) is 55.7 Å². The number of fused-ring (bicyclic) bond motifs is 3. The van der Waals surface area contributed by atoms with Crippen LogP contribution < -0.4 is 10.6 Å². The third-order valence-electron chi connectivity index (χ3n) is 5.27. The van der Waals surface area contributed by atoms with E-state index in [9.17, 15) is 0 Å². The van der Waals surface area contributed by atoms with Crippen LogP contribution >= 0.6 is 0 Å². The third kappa shape index (κ3) is 1.45. The molecule has 0 aromatic heterocycles. The molecule has 4 rings (SSSR count). The Balaban J connectivity index is 1.78. The van der Waals surface area contributed by atoms with Crippen LogP contribution in [0.25, 0.3) is 0 Å². The van der Waals surface area contributed by atoms with Crippen LogP contribution in [0.3, 0.4) is 0 Å². The number of rotatable bonds is 1. The molecule has 2 heteroatoms. The first kappa shape index (κ1) is 10.9. The molecular formula is C16H22N2. The maximum absolute atomic E-state index is 6.21. The van der Waals surface area contributed by atoms with Crippen molar-refractivity contribution in [3.05, 3.63) is 29.3 Å². The third-order valence-corrected chi connectivity index (χ3v) is 5.27. The predicted octanol–water partition coefficient (Wildman–Crippen LogP) is 3.15. The number of hydrogen-bond donors (Lipinski definition) is 1. The van der Waals surface area contributed by atoms with Crippen LogP contribution in [-0.4, -0.2) is 12.1 Å². The van der Waals surface area contributed by atoms with E-state index in [0.717, 1.165) is 18.5 Å². The minimum Gasteiger partial charge on any atom is -0.365 e. The fourth-order valence-electron chi connectivity index (χ4n) is 4.42. The minimum atomic E-state index is 0.280. The Morgan fingerprint density at radius 1 is 1.00 bits per heavy atom. The summed E-state index contributed by atoms with van der Waals surface area (Å²) in [5, 5.41) is 0. The zero-order chi connectivity index (χ0) is 12.1. The molecule has 2 saturated heterocycles. The zero-order valence-electron chi connectivity index (χ0n) is 10.9. The summed E-state index contributed by atoms with van der Waals surface area (Å²) in [4.78, 5) is 2.75. The summed E-state index contributed by atoms with van der Waals surface area (Å²) in [6, 6.07) is 8.70. The van der Waals surface area contributed by atoms with E-state index >= 15 is 0 Å². The van der Waals surface area contributed by atoms with Gasteiger partial charge in [0.1, 0.15) is 0 Å². The Morgan fingerprint density at radius 2 is 1.78 bits per heavy atom. The van der Waals surface area contributed by atoms with Gasteiger partial charge in [0.05, 0.1) is 0 Å². The number of nitrogens with two attached hydrogens (primary N) is 1. The van der Waals surface area contributed by atoms with Crippen LogP contribution in [0.2, 0.25) is 0 Å². The van der Waals surface area contributed by atoms with Gasteiger partial charge in [-0.1, -0.05) is 12.1 Å². The molecule has 2 bridgehead atoms. The first-order chi connectivity index (χ1) is 8.84. The van der Waals surface area contributed by atoms with Crippen LogP contribution in [-0.2, 0) is 6.42 Å². The molecule has 1 aromatic rings. The van der Waals surface area contributed by atoms with Crippen molar-refractivity contribution in [1.82, 2.24) is 0 Å². The number of piperidine rings is 1. The molecule has 3 atom stereocenters. The highest BCUT2D eigenvalue weighted by atomic mass is 15.2. The molecule has 18 heavy (non-hydrogen) atoms. The Hall–Kier alpha value is -1.02. The van der Waals surface area contributed by atoms with Crippen molar-refractivity contribution in [3.8, 4) is 0 Å². The van der Waals surface area contributed by atoms with E-state index in [1.165, 1.54) is 49.8 Å². The standard InChI is InChI=1S/C16H22N2/c17-15-10-9-14-13(15)5-2-6-16(14)18-11-3-1-4-12(18)8-7-11/h2,5-6,11-12,15H,1,3-4,7-10,17H2. The first-order valence-electron chi connectivity index (χ1n) is 7.50. The van der Waals surface area contributed by atoms with E-state index in [4.69, 9.17) is 5.73 Å². The number of nitrogens with zero attached hydrogens (tertiary/aromatic N) is 1. The average Bonchev–Trinajstić information content (AvgIpc) is 2.88. The molecule has 1 aliphatic carbocycles. The first-order valence-corrected chi connectivity index (χ1v) is 7.50. The molecule has 3 unspecified atom stereocenters. The molecule has 0 spiro atoms. The Labute approximate surface area is 109 Å². The minimum absolute atomic E-state index is 0.280. The molecule has 0 amide bonds. The van der Waals surface area contributed by atoms with E-state index in [1.54, 1.807) is 5.56 Å². The highest BCUT2D eigenvalue weighted by Crippen LogP contribution is 2.44. The van der Waals surface area contributed by atoms with E-state index in [0.29, 0.717) is 0 Å². The van der Waals surface area contributed by atoms with Crippen molar-refractivity contribution in [1.29, 1.82) is 0 Å². The van der Waals surface area contributed by atoms with E-state index in [1.807, 2.05) is 0 Å². The molecule has 1 aromatic carbocycles. The van der Waals surface area contributed by atoms with Gasteiger partial charge in [-0.05, 0) is 62.1 Å². The fraction of sp³-hybridized carbons (Fsp3) is 0.625. The van der Waals surface area contributed by atoms with Crippen molar-refractivity contribution in [2.45, 2.75) is 63.1 Å². The van der Waals surface area contributed by atoms with Crippen LogP contribution in [0.4, 0.5) is 5.69 Å². The summed E-state index contributed by atoms with van der Waals surface area (Å²) in [7, 11) is 0. The molecule has 2 fully saturated rings. The normalized spacial score (nSPS) is 33.8. The topological polar surface area (TPSA) is 29.3 Å². The van der Waals surface area contributed by atoms with Crippen molar-refractivity contribution in [2.24, 2.45) is 5.73 Å². The summed E-state index contributed by atoms with van der Waals surface area (Å²) in [5.74, 6) is 0. The van der Waals surface area contributed by atoms with Gasteiger partial charge in [0.15, 0.2) is 0 Å². The molecule has 0 saturated carbocycles. The van der Waals surface area contributed by atoms with Crippen LogP contribution in [0, 0.1) is 0 Å². The lowest BCUT2D eigenvalue weighted by Gasteiger charge is -2.38. The van der Waals surface area contributed by atoms with Gasteiger partial charge in [-0.2, -0.15) is 0 Å². The molecule has 2 aliphatic heterocycles. The van der Waals surface area contributed by atoms with Gasteiger partial charge in [0.2, 0.25) is 0 Å². The summed E-state index contributed by atoms with van der Waals surface area (Å²) < 4.78 is 0. The molecule has 0 radical (unpaired) electrons. The van der Waals surface area contributed by atoms with Gasteiger partial charge >= 0.3 is 0 Å². The molecule has 2 heterocycles. The average molecular weight is 242 g/mol. The Bertz CT molecular complexity index is 452. The number of anilines is 1. The van der Waals surface area contributed by atoms with Gasteiger partial charge in [-0.3, -0.25) is 0 Å². The molecular weight excluding hydrogens is 220 g/mol. The summed E-state index contributed by atoms with van der Waals surface area (Å²) in [6.07, 6.45) is 9.34. The van der Waals surface area contributed by atoms with Crippen molar-refractivity contribution < 1.29 is 0 Å². The quantitative estimate of drug-likeness (QED) is 0.819. The van der Waals surface area contributed by atoms with E-state index in [2.05, 4.69) is 23.1 Å². The lowest BCUT2D eigenvalue weighted by Crippen LogP contribution is -2.40. The maximum atomic E-state index is 6.21. The molecule has 96 valence electrons. The SMILES string of the molecule is NC1CCc2c1cccc2N1C2CCCC1CC2. The van der Waals surface area contributed by atoms with Crippen molar-refractivity contribution >= 4 is 5.69 Å². The second-order valence-corrected chi connectivity index (χ2v) is 6.21. The molecule has 2 N–H and O–H groups in total. The van der Waals surface area contributed by atoms with Gasteiger partial charge < -0.3 is 10.6 Å². The zero-order valence-corrected chi connectivity index (χ0v) is 10.9. The molecule has 3 aliphatic rings. The Morgan fingerprint density at radius 3 is 2.56 bits per heavy atom. The second-order valence-electron chi connectivity index (χ2n) is 6.21. The second kappa shape index (κ2) is 3.99. The Kier molecular flexibility index (Phi) is 2.41. The van der Waals surface area contributed by atoms with Crippen LogP contribution in [0.15, 0.2) is 18.2 Å². The highest BCUT2D eigenvalue weighted by molar-refractivity contribution is 5.61. The van der Waals surface area contributed by atoms with Gasteiger partial charge in [0, 0.05) is 23.8 Å².